The minimum atomic E-state index is 0.610. The molecule has 1 aromatic carbocycles. The van der Waals surface area contributed by atoms with Crippen molar-refractivity contribution in [2.24, 2.45) is 5.92 Å². The maximum atomic E-state index is 5.60. The lowest BCUT2D eigenvalue weighted by atomic mass is 10.0. The summed E-state index contributed by atoms with van der Waals surface area (Å²) in [5.74, 6) is 0.610. The lowest BCUT2D eigenvalue weighted by Gasteiger charge is -2.15. The second-order valence-electron chi connectivity index (χ2n) is 5.05. The van der Waals surface area contributed by atoms with E-state index in [2.05, 4.69) is 51.2 Å². The minimum absolute atomic E-state index is 0.610. The molecule has 0 saturated carbocycles. The minimum Gasteiger partial charge on any atom is -0.382 e. The van der Waals surface area contributed by atoms with E-state index < -0.39 is 0 Å². The highest BCUT2D eigenvalue weighted by Crippen LogP contribution is 2.22. The van der Waals surface area contributed by atoms with Crippen LogP contribution in [0, 0.1) is 5.92 Å². The first-order chi connectivity index (χ1) is 8.69. The average molecular weight is 249 g/mol. The van der Waals surface area contributed by atoms with Gasteiger partial charge >= 0.3 is 0 Å². The number of nitrogens with one attached hydrogen (secondary N) is 1. The van der Waals surface area contributed by atoms with E-state index in [1.165, 1.54) is 16.8 Å². The maximum Gasteiger partial charge on any atom is 0.0639 e. The third-order valence-electron chi connectivity index (χ3n) is 3.00. The van der Waals surface area contributed by atoms with Crippen molar-refractivity contribution in [3.8, 4) is 0 Å². The Morgan fingerprint density at radius 2 is 1.72 bits per heavy atom. The second kappa shape index (κ2) is 8.15. The van der Waals surface area contributed by atoms with Gasteiger partial charge in [0.15, 0.2) is 0 Å². The first kappa shape index (κ1) is 15.0. The topological polar surface area (TPSA) is 21.3 Å². The van der Waals surface area contributed by atoms with Crippen molar-refractivity contribution in [2.45, 2.75) is 40.5 Å². The molecule has 2 heteroatoms. The molecule has 0 radical (unpaired) electrons. The summed E-state index contributed by atoms with van der Waals surface area (Å²) in [6.45, 7) is 11.3. The average Bonchev–Trinajstić information content (AvgIpc) is 2.37. The first-order valence-electron chi connectivity index (χ1n) is 7.11. The van der Waals surface area contributed by atoms with E-state index in [0.717, 1.165) is 32.6 Å². The SMILES string of the molecule is CCc1cccc(CC)c1NCCOCC(C)C. The molecule has 0 bridgehead atoms. The summed E-state index contributed by atoms with van der Waals surface area (Å²) < 4.78 is 5.60. The maximum absolute atomic E-state index is 5.60. The highest BCUT2D eigenvalue weighted by Gasteiger charge is 2.05. The molecule has 0 aliphatic heterocycles. The van der Waals surface area contributed by atoms with Gasteiger partial charge in [-0.1, -0.05) is 45.9 Å². The molecule has 18 heavy (non-hydrogen) atoms. The van der Waals surface area contributed by atoms with Gasteiger partial charge in [-0.2, -0.15) is 0 Å². The number of aryl methyl sites for hydroxylation is 2. The van der Waals surface area contributed by atoms with Crippen molar-refractivity contribution >= 4 is 5.69 Å². The Bertz CT molecular complexity index is 325. The summed E-state index contributed by atoms with van der Waals surface area (Å²) in [6, 6.07) is 6.56. The lowest BCUT2D eigenvalue weighted by Crippen LogP contribution is -2.14. The number of benzene rings is 1. The van der Waals surface area contributed by atoms with Gasteiger partial charge < -0.3 is 10.1 Å². The Hall–Kier alpha value is -1.02. The second-order valence-corrected chi connectivity index (χ2v) is 5.05. The highest BCUT2D eigenvalue weighted by molar-refractivity contribution is 5.57. The molecule has 0 amide bonds. The van der Waals surface area contributed by atoms with Gasteiger partial charge in [-0.15, -0.1) is 0 Å². The lowest BCUT2D eigenvalue weighted by molar-refractivity contribution is 0.118. The fraction of sp³-hybridized carbons (Fsp3) is 0.625. The van der Waals surface area contributed by atoms with Crippen LogP contribution in [0.4, 0.5) is 5.69 Å². The van der Waals surface area contributed by atoms with Gasteiger partial charge in [0, 0.05) is 18.8 Å². The molecule has 1 rings (SSSR count). The van der Waals surface area contributed by atoms with Gasteiger partial charge in [0.25, 0.3) is 0 Å². The Morgan fingerprint density at radius 3 is 2.22 bits per heavy atom. The van der Waals surface area contributed by atoms with Gasteiger partial charge in [-0.25, -0.2) is 0 Å². The third-order valence-corrected chi connectivity index (χ3v) is 3.00. The van der Waals surface area contributed by atoms with Crippen LogP contribution in [0.3, 0.4) is 0 Å². The summed E-state index contributed by atoms with van der Waals surface area (Å²) in [5, 5.41) is 3.53. The van der Waals surface area contributed by atoms with Crippen LogP contribution in [0.1, 0.15) is 38.8 Å². The van der Waals surface area contributed by atoms with Crippen molar-refractivity contribution in [2.75, 3.05) is 25.1 Å². The predicted octanol–water partition coefficient (Wildman–Crippen LogP) is 3.90. The van der Waals surface area contributed by atoms with Crippen LogP contribution < -0.4 is 5.32 Å². The number of anilines is 1. The predicted molar refractivity (Wildman–Crippen MR) is 79.3 cm³/mol. The molecule has 1 N–H and O–H groups in total. The molecule has 2 nitrogen and oxygen atoms in total. The van der Waals surface area contributed by atoms with Crippen molar-refractivity contribution in [1.82, 2.24) is 0 Å². The summed E-state index contributed by atoms with van der Waals surface area (Å²) >= 11 is 0. The monoisotopic (exact) mass is 249 g/mol. The number of hydrogen-bond donors (Lipinski definition) is 1. The Labute approximate surface area is 112 Å². The van der Waals surface area contributed by atoms with Crippen molar-refractivity contribution in [3.63, 3.8) is 0 Å². The largest absolute Gasteiger partial charge is 0.382 e. The molecule has 0 saturated heterocycles. The van der Waals surface area contributed by atoms with Crippen LogP contribution >= 0.6 is 0 Å². The number of hydrogen-bond acceptors (Lipinski definition) is 2. The zero-order valence-corrected chi connectivity index (χ0v) is 12.3. The Morgan fingerprint density at radius 1 is 1.11 bits per heavy atom. The summed E-state index contributed by atoms with van der Waals surface area (Å²) in [4.78, 5) is 0. The van der Waals surface area contributed by atoms with Crippen LogP contribution in [0.2, 0.25) is 0 Å². The van der Waals surface area contributed by atoms with E-state index >= 15 is 0 Å². The van der Waals surface area contributed by atoms with Crippen molar-refractivity contribution in [3.05, 3.63) is 29.3 Å². The van der Waals surface area contributed by atoms with E-state index in [-0.39, 0.29) is 0 Å². The van der Waals surface area contributed by atoms with Gasteiger partial charge in [-0.05, 0) is 29.9 Å². The molecular weight excluding hydrogens is 222 g/mol. The van der Waals surface area contributed by atoms with E-state index in [9.17, 15) is 0 Å². The van der Waals surface area contributed by atoms with Crippen molar-refractivity contribution < 1.29 is 4.74 Å². The van der Waals surface area contributed by atoms with Gasteiger partial charge in [0.05, 0.1) is 6.61 Å². The number of para-hydroxylation sites is 1. The molecule has 0 fully saturated rings. The summed E-state index contributed by atoms with van der Waals surface area (Å²) in [7, 11) is 0. The van der Waals surface area contributed by atoms with Crippen LogP contribution in [-0.4, -0.2) is 19.8 Å². The van der Waals surface area contributed by atoms with Gasteiger partial charge in [-0.3, -0.25) is 0 Å². The standard InChI is InChI=1S/C16H27NO/c1-5-14-8-7-9-15(6-2)16(14)17-10-11-18-12-13(3)4/h7-9,13,17H,5-6,10-12H2,1-4H3. The molecule has 0 aliphatic carbocycles. The highest BCUT2D eigenvalue weighted by atomic mass is 16.5. The molecule has 1 aromatic rings. The summed E-state index contributed by atoms with van der Waals surface area (Å²) in [5.41, 5.74) is 4.12. The van der Waals surface area contributed by atoms with E-state index in [1.54, 1.807) is 0 Å². The van der Waals surface area contributed by atoms with E-state index in [4.69, 9.17) is 4.74 Å². The molecule has 0 spiro atoms. The van der Waals surface area contributed by atoms with Crippen LogP contribution in [0.25, 0.3) is 0 Å². The molecule has 0 heterocycles. The van der Waals surface area contributed by atoms with Gasteiger partial charge in [0.1, 0.15) is 0 Å². The molecule has 0 aromatic heterocycles. The quantitative estimate of drug-likeness (QED) is 0.706. The molecular formula is C16H27NO. The molecule has 0 aliphatic rings. The van der Waals surface area contributed by atoms with Crippen molar-refractivity contribution in [1.29, 1.82) is 0 Å². The fourth-order valence-corrected chi connectivity index (χ4v) is 2.04. The third kappa shape index (κ3) is 4.69. The summed E-state index contributed by atoms with van der Waals surface area (Å²) in [6.07, 6.45) is 2.14. The molecule has 0 unspecified atom stereocenters. The van der Waals surface area contributed by atoms with Crippen LogP contribution in [-0.2, 0) is 17.6 Å². The zero-order chi connectivity index (χ0) is 13.4. The first-order valence-corrected chi connectivity index (χ1v) is 7.11. The zero-order valence-electron chi connectivity index (χ0n) is 12.3. The Kier molecular flexibility index (Phi) is 6.81. The van der Waals surface area contributed by atoms with E-state index in [0.29, 0.717) is 5.92 Å². The normalized spacial score (nSPS) is 10.9. The van der Waals surface area contributed by atoms with Gasteiger partial charge in [0.2, 0.25) is 0 Å². The van der Waals surface area contributed by atoms with Crippen LogP contribution in [0.15, 0.2) is 18.2 Å². The fourth-order valence-electron chi connectivity index (χ4n) is 2.04. The molecule has 0 atom stereocenters. The Balaban J connectivity index is 2.50. The smallest absolute Gasteiger partial charge is 0.0639 e. The van der Waals surface area contributed by atoms with E-state index in [1.807, 2.05) is 0 Å². The number of ether oxygens (including phenoxy) is 1. The number of rotatable bonds is 8. The molecule has 102 valence electrons. The van der Waals surface area contributed by atoms with Crippen LogP contribution in [0.5, 0.6) is 0 Å².